The minimum atomic E-state index is -3.66. The number of rotatable bonds is 17. The van der Waals surface area contributed by atoms with Crippen LogP contribution in [0.4, 0.5) is 0 Å². The van der Waals surface area contributed by atoms with E-state index < -0.39 is 13.8 Å². The van der Waals surface area contributed by atoms with Crippen molar-refractivity contribution in [2.75, 3.05) is 19.8 Å². The highest BCUT2D eigenvalue weighted by atomic mass is 31.2. The molecule has 1 fully saturated rings. The average Bonchev–Trinajstić information content (AvgIpc) is 3.06. The Morgan fingerprint density at radius 1 is 0.839 bits per heavy atom. The second kappa shape index (κ2) is 15.1. The molecule has 7 heteroatoms. The molecule has 0 aromatic rings. The van der Waals surface area contributed by atoms with Crippen molar-refractivity contribution in [3.8, 4) is 0 Å². The quantitative estimate of drug-likeness (QED) is 0.128. The zero-order valence-corrected chi connectivity index (χ0v) is 20.6. The number of allylic oxidation sites excluding steroid dienone is 1. The van der Waals surface area contributed by atoms with Crippen LogP contribution in [0.25, 0.3) is 0 Å². The van der Waals surface area contributed by atoms with Crippen LogP contribution >= 0.6 is 7.82 Å². The van der Waals surface area contributed by atoms with Crippen molar-refractivity contribution in [1.29, 1.82) is 0 Å². The van der Waals surface area contributed by atoms with E-state index in [0.717, 1.165) is 12.8 Å². The topological polar surface area (TPSA) is 71.1 Å². The molecule has 1 saturated heterocycles. The van der Waals surface area contributed by atoms with Crippen LogP contribution in [0, 0.1) is 5.92 Å². The second-order valence-electron chi connectivity index (χ2n) is 8.75. The van der Waals surface area contributed by atoms with Gasteiger partial charge in [-0.15, -0.1) is 0 Å². The molecule has 2 aliphatic heterocycles. The van der Waals surface area contributed by atoms with Crippen molar-refractivity contribution in [1.82, 2.24) is 0 Å². The van der Waals surface area contributed by atoms with Crippen molar-refractivity contribution in [2.24, 2.45) is 5.92 Å². The van der Waals surface area contributed by atoms with Gasteiger partial charge in [0.05, 0.1) is 24.7 Å². The van der Waals surface area contributed by atoms with E-state index in [2.05, 4.69) is 6.92 Å². The fourth-order valence-corrected chi connectivity index (χ4v) is 5.55. The zero-order valence-electron chi connectivity index (χ0n) is 19.7. The normalized spacial score (nSPS) is 23.4. The van der Waals surface area contributed by atoms with E-state index >= 15 is 0 Å². The van der Waals surface area contributed by atoms with E-state index in [9.17, 15) is 9.36 Å². The molecule has 2 heterocycles. The van der Waals surface area contributed by atoms with Crippen LogP contribution in [0.2, 0.25) is 0 Å². The molecule has 0 aliphatic carbocycles. The van der Waals surface area contributed by atoms with E-state index in [0.29, 0.717) is 24.4 Å². The number of esters is 1. The highest BCUT2D eigenvalue weighted by Crippen LogP contribution is 2.55. The summed E-state index contributed by atoms with van der Waals surface area (Å²) in [6.45, 7) is 4.84. The summed E-state index contributed by atoms with van der Waals surface area (Å²) in [5.74, 6) is -0.233. The number of carbonyl (C=O) groups excluding carboxylic acids is 1. The first kappa shape index (κ1) is 26.4. The standard InChI is InChI=1S/C24H43O6P/c1-3-5-6-7-8-9-10-11-12-13-14-15-16-17-18-28-31(26)29-20-21-19-27-24(25)23(21)22(4-2)30-31/h21H,3-20H2,1-2H3/t21-,31+/m1/s1. The van der Waals surface area contributed by atoms with Crippen molar-refractivity contribution >= 4 is 13.8 Å². The molecule has 2 atom stereocenters. The highest BCUT2D eigenvalue weighted by Gasteiger charge is 2.42. The van der Waals surface area contributed by atoms with E-state index in [4.69, 9.17) is 18.3 Å². The smallest absolute Gasteiger partial charge is 0.461 e. The Hall–Kier alpha value is -0.840. The van der Waals surface area contributed by atoms with Crippen molar-refractivity contribution < 1.29 is 27.7 Å². The molecule has 31 heavy (non-hydrogen) atoms. The predicted octanol–water partition coefficient (Wildman–Crippen LogP) is 7.48. The van der Waals surface area contributed by atoms with Gasteiger partial charge in [0.1, 0.15) is 12.4 Å². The van der Waals surface area contributed by atoms with Crippen LogP contribution in [0.1, 0.15) is 110 Å². The predicted molar refractivity (Wildman–Crippen MR) is 123 cm³/mol. The molecule has 6 nitrogen and oxygen atoms in total. The van der Waals surface area contributed by atoms with Gasteiger partial charge in [0, 0.05) is 6.42 Å². The number of fused-ring (bicyclic) bond motifs is 1. The number of hydrogen-bond donors (Lipinski definition) is 0. The van der Waals surface area contributed by atoms with Gasteiger partial charge in [0.15, 0.2) is 0 Å². The van der Waals surface area contributed by atoms with Gasteiger partial charge in [-0.05, 0) is 6.42 Å². The van der Waals surface area contributed by atoms with Gasteiger partial charge in [0.2, 0.25) is 0 Å². The molecule has 0 N–H and O–H groups in total. The number of carbonyl (C=O) groups is 1. The monoisotopic (exact) mass is 458 g/mol. The lowest BCUT2D eigenvalue weighted by Gasteiger charge is -2.17. The minimum absolute atomic E-state index is 0.126. The van der Waals surface area contributed by atoms with Crippen LogP contribution in [0.15, 0.2) is 11.3 Å². The Morgan fingerprint density at radius 3 is 1.94 bits per heavy atom. The van der Waals surface area contributed by atoms with Crippen molar-refractivity contribution in [3.63, 3.8) is 0 Å². The molecule has 0 radical (unpaired) electrons. The summed E-state index contributed by atoms with van der Waals surface area (Å²) in [6.07, 6.45) is 18.4. The highest BCUT2D eigenvalue weighted by molar-refractivity contribution is 7.48. The molecule has 0 amide bonds. The van der Waals surface area contributed by atoms with E-state index in [1.165, 1.54) is 77.0 Å². The van der Waals surface area contributed by atoms with Gasteiger partial charge in [-0.3, -0.25) is 9.05 Å². The number of phosphoric ester groups is 1. The summed E-state index contributed by atoms with van der Waals surface area (Å²) in [5.41, 5.74) is 0.459. The lowest BCUT2D eigenvalue weighted by Crippen LogP contribution is -2.10. The molecule has 0 aromatic heterocycles. The summed E-state index contributed by atoms with van der Waals surface area (Å²) in [5, 5.41) is 0. The van der Waals surface area contributed by atoms with E-state index in [1.807, 2.05) is 6.92 Å². The third-order valence-corrected chi connectivity index (χ3v) is 7.48. The summed E-state index contributed by atoms with van der Waals surface area (Å²) >= 11 is 0. The number of ether oxygens (including phenoxy) is 1. The maximum atomic E-state index is 12.8. The van der Waals surface area contributed by atoms with Gasteiger partial charge in [-0.2, -0.15) is 0 Å². The number of phosphoric acid groups is 1. The largest absolute Gasteiger partial charge is 0.529 e. The van der Waals surface area contributed by atoms with E-state index in [1.54, 1.807) is 0 Å². The van der Waals surface area contributed by atoms with Crippen molar-refractivity contribution in [2.45, 2.75) is 110 Å². The summed E-state index contributed by atoms with van der Waals surface area (Å²) < 4.78 is 34.4. The molecule has 180 valence electrons. The summed E-state index contributed by atoms with van der Waals surface area (Å²) in [6, 6.07) is 0. The number of hydrogen-bond acceptors (Lipinski definition) is 6. The fraction of sp³-hybridized carbons (Fsp3) is 0.875. The maximum Gasteiger partial charge on any atom is 0.529 e. The fourth-order valence-electron chi connectivity index (χ4n) is 4.16. The Labute approximate surface area is 189 Å². The first-order valence-corrected chi connectivity index (χ1v) is 14.0. The molecular weight excluding hydrogens is 415 g/mol. The van der Waals surface area contributed by atoms with Gasteiger partial charge in [0.25, 0.3) is 0 Å². The number of unbranched alkanes of at least 4 members (excludes halogenated alkanes) is 13. The third-order valence-electron chi connectivity index (χ3n) is 6.07. The maximum absolute atomic E-state index is 12.8. The molecule has 2 aliphatic rings. The molecular formula is C24H43O6P. The lowest BCUT2D eigenvalue weighted by atomic mass is 10.0. The SMILES string of the molecule is CCCCCCCCCCCCCCCCO[P@@]1(=O)OC[C@H]2COC(=O)C2=C(CC)O1. The minimum Gasteiger partial charge on any atom is -0.461 e. The van der Waals surface area contributed by atoms with Gasteiger partial charge >= 0.3 is 13.8 Å². The van der Waals surface area contributed by atoms with Crippen LogP contribution in [0.3, 0.4) is 0 Å². The Kier molecular flexibility index (Phi) is 12.8. The molecule has 0 unspecified atom stereocenters. The summed E-state index contributed by atoms with van der Waals surface area (Å²) in [7, 11) is -3.66. The Balaban J connectivity index is 1.49. The van der Waals surface area contributed by atoms with Crippen LogP contribution < -0.4 is 0 Å². The second-order valence-corrected chi connectivity index (χ2v) is 10.3. The van der Waals surface area contributed by atoms with Gasteiger partial charge < -0.3 is 9.26 Å². The number of cyclic esters (lactones) is 1. The zero-order chi connectivity index (χ0) is 22.4. The molecule has 0 spiro atoms. The molecule has 2 rings (SSSR count). The van der Waals surface area contributed by atoms with Gasteiger partial charge in [-0.1, -0.05) is 97.3 Å². The summed E-state index contributed by atoms with van der Waals surface area (Å²) in [4.78, 5) is 11.9. The third kappa shape index (κ3) is 9.67. The van der Waals surface area contributed by atoms with Crippen LogP contribution in [-0.2, 0) is 27.7 Å². The van der Waals surface area contributed by atoms with Gasteiger partial charge in [-0.25, -0.2) is 9.36 Å². The molecule has 0 saturated carbocycles. The van der Waals surface area contributed by atoms with Crippen molar-refractivity contribution in [3.05, 3.63) is 11.3 Å². The Morgan fingerprint density at radius 2 is 1.39 bits per heavy atom. The first-order chi connectivity index (χ1) is 15.1. The molecule has 0 bridgehead atoms. The van der Waals surface area contributed by atoms with E-state index in [-0.39, 0.29) is 19.1 Å². The average molecular weight is 459 g/mol. The lowest BCUT2D eigenvalue weighted by molar-refractivity contribution is -0.135. The van der Waals surface area contributed by atoms with Crippen LogP contribution in [-0.4, -0.2) is 25.8 Å². The van der Waals surface area contributed by atoms with Crippen LogP contribution in [0.5, 0.6) is 0 Å². The molecule has 0 aromatic carbocycles. The Bertz CT molecular complexity index is 603. The first-order valence-electron chi connectivity index (χ1n) is 12.6.